The third-order valence-electron chi connectivity index (χ3n) is 3.99. The van der Waals surface area contributed by atoms with Gasteiger partial charge in [0, 0.05) is 27.8 Å². The predicted molar refractivity (Wildman–Crippen MR) is 90.7 cm³/mol. The molecule has 0 N–H and O–H groups in total. The quantitative estimate of drug-likeness (QED) is 0.604. The molecule has 2 heterocycles. The van der Waals surface area contributed by atoms with Gasteiger partial charge in [-0.3, -0.25) is 4.57 Å². The number of nitrogens with zero attached hydrogens (tertiary/aromatic N) is 3. The van der Waals surface area contributed by atoms with Gasteiger partial charge in [-0.25, -0.2) is 4.98 Å². The van der Waals surface area contributed by atoms with Crippen molar-refractivity contribution < 1.29 is 4.74 Å². The summed E-state index contributed by atoms with van der Waals surface area (Å²) in [7, 11) is -1.02. The molecule has 2 aromatic rings. The maximum atomic E-state index is 5.95. The summed E-state index contributed by atoms with van der Waals surface area (Å²) in [6.07, 6.45) is 1.26. The number of hydrogen-bond acceptors (Lipinski definition) is 3. The van der Waals surface area contributed by atoms with E-state index < -0.39 is 8.07 Å². The fraction of sp³-hybridized carbons (Fsp3) is 0.562. The summed E-state index contributed by atoms with van der Waals surface area (Å²) in [6.45, 7) is 10.8. The van der Waals surface area contributed by atoms with Gasteiger partial charge in [0.25, 0.3) is 0 Å². The van der Waals surface area contributed by atoms with Gasteiger partial charge in [-0.1, -0.05) is 31.8 Å². The van der Waals surface area contributed by atoms with Crippen molar-refractivity contribution in [2.45, 2.75) is 38.8 Å². The minimum absolute atomic E-state index is 0.608. The van der Waals surface area contributed by atoms with Gasteiger partial charge in [-0.2, -0.15) is 0 Å². The van der Waals surface area contributed by atoms with Crippen molar-refractivity contribution in [3.05, 3.63) is 24.3 Å². The van der Waals surface area contributed by atoms with E-state index >= 15 is 0 Å². The van der Waals surface area contributed by atoms with Crippen LogP contribution in [0.15, 0.2) is 24.3 Å². The van der Waals surface area contributed by atoms with Gasteiger partial charge in [-0.05, 0) is 24.6 Å². The smallest absolute Gasteiger partial charge is 0.208 e. The van der Waals surface area contributed by atoms with Crippen LogP contribution in [0.4, 0.5) is 5.95 Å². The third kappa shape index (κ3) is 3.30. The van der Waals surface area contributed by atoms with Crippen LogP contribution in [0, 0.1) is 0 Å². The van der Waals surface area contributed by atoms with E-state index in [0.29, 0.717) is 6.73 Å². The Hall–Kier alpha value is -1.33. The van der Waals surface area contributed by atoms with Crippen LogP contribution in [0.2, 0.25) is 25.7 Å². The van der Waals surface area contributed by atoms with Gasteiger partial charge in [0.1, 0.15) is 6.73 Å². The molecule has 0 unspecified atom stereocenters. The molecule has 1 aromatic carbocycles. The molecule has 1 aliphatic heterocycles. The van der Waals surface area contributed by atoms with Crippen LogP contribution in [0.1, 0.15) is 6.42 Å². The molecule has 1 aromatic heterocycles. The number of imidazole rings is 1. The molecule has 0 bridgehead atoms. The fourth-order valence-corrected chi connectivity index (χ4v) is 3.24. The molecule has 21 heavy (non-hydrogen) atoms. The van der Waals surface area contributed by atoms with Gasteiger partial charge >= 0.3 is 0 Å². The zero-order valence-electron chi connectivity index (χ0n) is 13.3. The van der Waals surface area contributed by atoms with Crippen LogP contribution >= 0.6 is 0 Å². The average Bonchev–Trinajstić information content (AvgIpc) is 2.70. The number of ether oxygens (including phenoxy) is 1. The summed E-state index contributed by atoms with van der Waals surface area (Å²) in [5.74, 6) is 1.07. The Kier molecular flexibility index (Phi) is 4.04. The van der Waals surface area contributed by atoms with Crippen LogP contribution in [-0.2, 0) is 11.5 Å². The van der Waals surface area contributed by atoms with E-state index in [-0.39, 0.29) is 0 Å². The first-order valence-corrected chi connectivity index (χ1v) is 11.5. The second kappa shape index (κ2) is 5.81. The van der Waals surface area contributed by atoms with Gasteiger partial charge in [0.15, 0.2) is 0 Å². The Balaban J connectivity index is 1.75. The van der Waals surface area contributed by atoms with E-state index in [9.17, 15) is 0 Å². The summed E-state index contributed by atoms with van der Waals surface area (Å²) < 4.78 is 8.17. The molecule has 1 aliphatic rings. The third-order valence-corrected chi connectivity index (χ3v) is 5.69. The van der Waals surface area contributed by atoms with Crippen molar-refractivity contribution in [3.63, 3.8) is 0 Å². The highest BCUT2D eigenvalue weighted by atomic mass is 28.3. The van der Waals surface area contributed by atoms with Crippen LogP contribution < -0.4 is 4.90 Å². The van der Waals surface area contributed by atoms with E-state index in [1.165, 1.54) is 18.0 Å². The van der Waals surface area contributed by atoms with E-state index in [4.69, 9.17) is 9.72 Å². The number of anilines is 1. The van der Waals surface area contributed by atoms with Gasteiger partial charge in [0.05, 0.1) is 11.0 Å². The summed E-state index contributed by atoms with van der Waals surface area (Å²) in [5, 5.41) is 0. The van der Waals surface area contributed by atoms with Crippen LogP contribution in [0.25, 0.3) is 11.0 Å². The second-order valence-corrected chi connectivity index (χ2v) is 12.6. The van der Waals surface area contributed by atoms with Gasteiger partial charge in [-0.15, -0.1) is 0 Å². The summed E-state index contributed by atoms with van der Waals surface area (Å²) in [5.41, 5.74) is 2.24. The van der Waals surface area contributed by atoms with Crippen LogP contribution in [-0.4, -0.2) is 37.3 Å². The monoisotopic (exact) mass is 303 g/mol. The first-order valence-electron chi connectivity index (χ1n) is 7.82. The molecule has 4 nitrogen and oxygen atoms in total. The average molecular weight is 303 g/mol. The van der Waals surface area contributed by atoms with Gasteiger partial charge in [0.2, 0.25) is 5.95 Å². The lowest BCUT2D eigenvalue weighted by Crippen LogP contribution is -2.39. The molecular formula is C16H25N3OSi. The number of benzene rings is 1. The molecule has 1 saturated heterocycles. The molecule has 1 fully saturated rings. The van der Waals surface area contributed by atoms with Crippen molar-refractivity contribution in [1.82, 2.24) is 9.55 Å². The largest absolute Gasteiger partial charge is 0.361 e. The molecule has 0 saturated carbocycles. The van der Waals surface area contributed by atoms with Crippen LogP contribution in [0.5, 0.6) is 0 Å². The van der Waals surface area contributed by atoms with Crippen LogP contribution in [0.3, 0.4) is 0 Å². The maximum absolute atomic E-state index is 5.95. The normalized spacial score (nSPS) is 15.5. The molecule has 0 amide bonds. The summed E-state index contributed by atoms with van der Waals surface area (Å²) in [4.78, 5) is 7.11. The Morgan fingerprint density at radius 3 is 2.62 bits per heavy atom. The lowest BCUT2D eigenvalue weighted by Gasteiger charge is -2.32. The first kappa shape index (κ1) is 14.6. The first-order chi connectivity index (χ1) is 10.0. The minimum atomic E-state index is -1.02. The molecule has 0 aliphatic carbocycles. The zero-order chi connectivity index (χ0) is 14.9. The highest BCUT2D eigenvalue weighted by molar-refractivity contribution is 6.76. The molecule has 3 rings (SSSR count). The lowest BCUT2D eigenvalue weighted by atomic mass is 10.2. The van der Waals surface area contributed by atoms with Crippen molar-refractivity contribution in [2.75, 3.05) is 24.6 Å². The number of para-hydroxylation sites is 2. The molecule has 114 valence electrons. The molecular weight excluding hydrogens is 278 g/mol. The fourth-order valence-electron chi connectivity index (χ4n) is 2.48. The number of rotatable bonds is 6. The highest BCUT2D eigenvalue weighted by Gasteiger charge is 2.22. The standard InChI is InChI=1S/C16H25N3OSi/c1-21(2,3)12-11-20-13-19-15-8-5-4-7-14(15)17-16(19)18-9-6-10-18/h4-5,7-8H,6,9-13H2,1-3H3. The number of fused-ring (bicyclic) bond motifs is 1. The van der Waals surface area contributed by atoms with E-state index in [1.807, 2.05) is 6.07 Å². The van der Waals surface area contributed by atoms with E-state index in [0.717, 1.165) is 31.2 Å². The van der Waals surface area contributed by atoms with Crippen molar-refractivity contribution in [3.8, 4) is 0 Å². The predicted octanol–water partition coefficient (Wildman–Crippen LogP) is 3.56. The molecule has 0 radical (unpaired) electrons. The lowest BCUT2D eigenvalue weighted by molar-refractivity contribution is 0.0903. The topological polar surface area (TPSA) is 30.3 Å². The molecule has 5 heteroatoms. The molecule has 0 atom stereocenters. The number of hydrogen-bond donors (Lipinski definition) is 0. The van der Waals surface area contributed by atoms with Crippen molar-refractivity contribution in [1.29, 1.82) is 0 Å². The van der Waals surface area contributed by atoms with Gasteiger partial charge < -0.3 is 9.64 Å². The highest BCUT2D eigenvalue weighted by Crippen LogP contribution is 2.25. The summed E-state index contributed by atoms with van der Waals surface area (Å²) in [6, 6.07) is 9.54. The SMILES string of the molecule is C[Si](C)(C)CCOCn1c(N2CCC2)nc2ccccc21. The zero-order valence-corrected chi connectivity index (χ0v) is 14.3. The Bertz CT molecular complexity index is 613. The maximum Gasteiger partial charge on any atom is 0.208 e. The summed E-state index contributed by atoms with van der Waals surface area (Å²) >= 11 is 0. The second-order valence-electron chi connectivity index (χ2n) is 7.02. The minimum Gasteiger partial charge on any atom is -0.361 e. The number of aromatic nitrogens is 2. The Morgan fingerprint density at radius 1 is 1.19 bits per heavy atom. The van der Waals surface area contributed by atoms with Crippen molar-refractivity contribution >= 4 is 25.1 Å². The van der Waals surface area contributed by atoms with E-state index in [2.05, 4.69) is 47.3 Å². The van der Waals surface area contributed by atoms with E-state index in [1.54, 1.807) is 0 Å². The Labute approximate surface area is 127 Å². The molecule has 0 spiro atoms. The Morgan fingerprint density at radius 2 is 1.95 bits per heavy atom. The van der Waals surface area contributed by atoms with Crippen molar-refractivity contribution in [2.24, 2.45) is 0 Å².